The van der Waals surface area contributed by atoms with Gasteiger partial charge in [-0.25, -0.2) is 4.39 Å². The third-order valence-electron chi connectivity index (χ3n) is 9.56. The average Bonchev–Trinajstić information content (AvgIpc) is 3.08. The van der Waals surface area contributed by atoms with E-state index in [4.69, 9.17) is 14.2 Å². The van der Waals surface area contributed by atoms with E-state index in [9.17, 15) is 19.8 Å². The van der Waals surface area contributed by atoms with Crippen LogP contribution in [0, 0.1) is 28.6 Å². The minimum Gasteiger partial charge on any atom is -0.430 e. The lowest BCUT2D eigenvalue weighted by Gasteiger charge is -2.61. The molecule has 34 heavy (non-hydrogen) atoms. The molecule has 0 spiro atoms. The third-order valence-corrected chi connectivity index (χ3v) is 9.56. The van der Waals surface area contributed by atoms with Crippen molar-refractivity contribution in [3.8, 4) is 0 Å². The number of carbonyl (C=O) groups is 2. The van der Waals surface area contributed by atoms with Crippen LogP contribution in [-0.2, 0) is 23.8 Å². The highest BCUT2D eigenvalue weighted by Gasteiger charge is 2.75. The molecule has 5 aliphatic rings. The lowest BCUT2D eigenvalue weighted by molar-refractivity contribution is -0.233. The van der Waals surface area contributed by atoms with E-state index in [0.717, 1.165) is 0 Å². The van der Waals surface area contributed by atoms with Gasteiger partial charge in [-0.15, -0.1) is 0 Å². The van der Waals surface area contributed by atoms with Crippen LogP contribution in [0.5, 0.6) is 0 Å². The standard InChI is InChI=1S/C26H35FO7/c1-13(29)32-20-9-14(30)8-17-18(27)10-15-16-11-21-26(6-7-28,34-23(2,3)33-21)24(16,4)12-19(31)22(15)25(17,20)5/h8-9,15-16,18-19,21-22,28,31H,6-7,10-12H2,1-5H3/t15-,16-,18-,19-,21+,22+,24-,25+,26+/m0/s1. The second-order valence-corrected chi connectivity index (χ2v) is 11.7. The van der Waals surface area contributed by atoms with E-state index < -0.39 is 52.2 Å². The Morgan fingerprint density at radius 2 is 1.94 bits per heavy atom. The summed E-state index contributed by atoms with van der Waals surface area (Å²) in [6, 6.07) is 0. The van der Waals surface area contributed by atoms with Crippen LogP contribution in [0.1, 0.15) is 60.3 Å². The summed E-state index contributed by atoms with van der Waals surface area (Å²) in [5.41, 5.74) is -2.19. The van der Waals surface area contributed by atoms with Crippen molar-refractivity contribution in [1.82, 2.24) is 0 Å². The predicted octanol–water partition coefficient (Wildman–Crippen LogP) is 2.99. The van der Waals surface area contributed by atoms with Gasteiger partial charge in [0.15, 0.2) is 11.6 Å². The van der Waals surface area contributed by atoms with Gasteiger partial charge in [-0.2, -0.15) is 0 Å². The van der Waals surface area contributed by atoms with Crippen LogP contribution >= 0.6 is 0 Å². The maximum atomic E-state index is 15.8. The molecule has 1 aliphatic heterocycles. The minimum absolute atomic E-state index is 0.0404. The van der Waals surface area contributed by atoms with Gasteiger partial charge in [0.2, 0.25) is 0 Å². The molecule has 0 bridgehead atoms. The van der Waals surface area contributed by atoms with Crippen LogP contribution in [0.3, 0.4) is 0 Å². The van der Waals surface area contributed by atoms with E-state index in [1.165, 1.54) is 19.1 Å². The van der Waals surface area contributed by atoms with Crippen LogP contribution in [0.15, 0.2) is 23.5 Å². The molecular formula is C26H35FO7. The number of rotatable bonds is 3. The molecule has 9 atom stereocenters. The lowest BCUT2D eigenvalue weighted by atomic mass is 9.45. The second kappa shape index (κ2) is 7.45. The van der Waals surface area contributed by atoms with E-state index in [2.05, 4.69) is 6.92 Å². The zero-order valence-electron chi connectivity index (χ0n) is 20.5. The first-order valence-corrected chi connectivity index (χ1v) is 12.3. The van der Waals surface area contributed by atoms with Crippen molar-refractivity contribution in [2.75, 3.05) is 6.61 Å². The molecular weight excluding hydrogens is 443 g/mol. The molecule has 8 heteroatoms. The maximum Gasteiger partial charge on any atom is 0.307 e. The maximum absolute atomic E-state index is 15.8. The number of carbonyl (C=O) groups excluding carboxylic acids is 2. The Morgan fingerprint density at radius 1 is 1.24 bits per heavy atom. The summed E-state index contributed by atoms with van der Waals surface area (Å²) in [6.07, 6.45) is 1.54. The fraction of sp³-hybridized carbons (Fsp3) is 0.769. The minimum atomic E-state index is -1.41. The van der Waals surface area contributed by atoms with Gasteiger partial charge in [0.1, 0.15) is 17.5 Å². The van der Waals surface area contributed by atoms with Crippen LogP contribution in [0.25, 0.3) is 0 Å². The molecule has 0 unspecified atom stereocenters. The fourth-order valence-electron chi connectivity index (χ4n) is 8.54. The van der Waals surface area contributed by atoms with Crippen LogP contribution in [-0.4, -0.2) is 58.3 Å². The van der Waals surface area contributed by atoms with Crippen molar-refractivity contribution in [2.24, 2.45) is 28.6 Å². The topological polar surface area (TPSA) is 102 Å². The van der Waals surface area contributed by atoms with Crippen molar-refractivity contribution in [1.29, 1.82) is 0 Å². The number of aliphatic hydroxyl groups is 2. The Kier molecular flexibility index (Phi) is 5.28. The number of aliphatic hydroxyl groups excluding tert-OH is 2. The van der Waals surface area contributed by atoms with Gasteiger partial charge in [0.05, 0.1) is 17.6 Å². The summed E-state index contributed by atoms with van der Waals surface area (Å²) in [7, 11) is 0. The highest BCUT2D eigenvalue weighted by Crippen LogP contribution is 2.71. The number of halogens is 1. The summed E-state index contributed by atoms with van der Waals surface area (Å²) < 4.78 is 34.1. The first-order valence-electron chi connectivity index (χ1n) is 12.3. The average molecular weight is 479 g/mol. The monoisotopic (exact) mass is 478 g/mol. The predicted molar refractivity (Wildman–Crippen MR) is 119 cm³/mol. The molecule has 3 saturated carbocycles. The number of alkyl halides is 1. The number of fused-ring (bicyclic) bond motifs is 7. The fourth-order valence-corrected chi connectivity index (χ4v) is 8.54. The second-order valence-electron chi connectivity index (χ2n) is 11.7. The Labute approximate surface area is 199 Å². The number of allylic oxidation sites excluding steroid dienone is 3. The molecule has 0 aromatic carbocycles. The van der Waals surface area contributed by atoms with E-state index in [1.807, 2.05) is 13.8 Å². The normalized spacial score (nSPS) is 48.8. The van der Waals surface area contributed by atoms with Crippen molar-refractivity contribution < 1.29 is 38.4 Å². The summed E-state index contributed by atoms with van der Waals surface area (Å²) in [6.45, 7) is 8.74. The summed E-state index contributed by atoms with van der Waals surface area (Å²) in [4.78, 5) is 24.2. The Balaban J connectivity index is 1.61. The summed E-state index contributed by atoms with van der Waals surface area (Å²) in [5.74, 6) is -2.45. The molecule has 7 nitrogen and oxygen atoms in total. The highest BCUT2D eigenvalue weighted by atomic mass is 19.1. The number of ether oxygens (including phenoxy) is 3. The Bertz CT molecular complexity index is 988. The molecule has 5 rings (SSSR count). The SMILES string of the molecule is CC(=O)OC1=CC(=O)C=C2[C@@H](F)C[C@@H]3[C@H]([C@@H](O)C[C@@]4(C)[C@H]3C[C@H]3OC(C)(C)O[C@]34CCO)[C@@]12C. The largest absolute Gasteiger partial charge is 0.430 e. The van der Waals surface area contributed by atoms with E-state index in [0.29, 0.717) is 19.3 Å². The summed E-state index contributed by atoms with van der Waals surface area (Å²) >= 11 is 0. The van der Waals surface area contributed by atoms with E-state index in [1.54, 1.807) is 6.92 Å². The molecule has 0 aromatic heterocycles. The number of esters is 1. The first kappa shape index (κ1) is 24.1. The van der Waals surface area contributed by atoms with E-state index in [-0.39, 0.29) is 42.3 Å². The van der Waals surface area contributed by atoms with Crippen LogP contribution < -0.4 is 0 Å². The molecule has 4 aliphatic carbocycles. The molecule has 0 radical (unpaired) electrons. The van der Waals surface area contributed by atoms with E-state index >= 15 is 4.39 Å². The summed E-state index contributed by atoms with van der Waals surface area (Å²) in [5, 5.41) is 21.7. The number of hydrogen-bond acceptors (Lipinski definition) is 7. The number of hydrogen-bond donors (Lipinski definition) is 2. The zero-order chi connectivity index (χ0) is 24.8. The molecule has 4 fully saturated rings. The van der Waals surface area contributed by atoms with Crippen molar-refractivity contribution in [3.05, 3.63) is 23.5 Å². The van der Waals surface area contributed by atoms with Gasteiger partial charge in [0.25, 0.3) is 0 Å². The lowest BCUT2D eigenvalue weighted by Crippen LogP contribution is -2.62. The Morgan fingerprint density at radius 3 is 2.59 bits per heavy atom. The van der Waals surface area contributed by atoms with Gasteiger partial charge >= 0.3 is 5.97 Å². The van der Waals surface area contributed by atoms with Gasteiger partial charge in [-0.05, 0) is 63.5 Å². The van der Waals surface area contributed by atoms with Crippen LogP contribution in [0.4, 0.5) is 4.39 Å². The smallest absolute Gasteiger partial charge is 0.307 e. The zero-order valence-corrected chi connectivity index (χ0v) is 20.5. The highest BCUT2D eigenvalue weighted by molar-refractivity contribution is 6.02. The Hall–Kier alpha value is -1.61. The van der Waals surface area contributed by atoms with Gasteiger partial charge < -0.3 is 24.4 Å². The molecule has 0 aromatic rings. The van der Waals surface area contributed by atoms with Crippen molar-refractivity contribution >= 4 is 11.8 Å². The molecule has 188 valence electrons. The van der Waals surface area contributed by atoms with Gasteiger partial charge in [0, 0.05) is 37.4 Å². The molecule has 1 heterocycles. The van der Waals surface area contributed by atoms with Gasteiger partial charge in [-0.3, -0.25) is 9.59 Å². The quantitative estimate of drug-likeness (QED) is 0.601. The molecule has 0 amide bonds. The molecule has 1 saturated heterocycles. The number of ketones is 1. The van der Waals surface area contributed by atoms with Crippen molar-refractivity contribution in [2.45, 2.75) is 90.1 Å². The van der Waals surface area contributed by atoms with Gasteiger partial charge in [-0.1, -0.05) is 6.92 Å². The third kappa shape index (κ3) is 3.01. The van der Waals surface area contributed by atoms with Crippen LogP contribution in [0.2, 0.25) is 0 Å². The van der Waals surface area contributed by atoms with Crippen molar-refractivity contribution in [3.63, 3.8) is 0 Å². The molecule has 2 N–H and O–H groups in total. The first-order chi connectivity index (χ1) is 15.8.